The number of benzene rings is 2. The van der Waals surface area contributed by atoms with Gasteiger partial charge in [-0.3, -0.25) is 4.79 Å². The SMILES string of the molecule is O=C(Cn1ccc2c(Cl)cc(Cl)cc21)c1ccc(F)cc1. The molecule has 0 aliphatic carbocycles. The van der Waals surface area contributed by atoms with Crippen molar-refractivity contribution in [3.63, 3.8) is 0 Å². The zero-order valence-electron chi connectivity index (χ0n) is 10.8. The van der Waals surface area contributed by atoms with E-state index in [2.05, 4.69) is 0 Å². The van der Waals surface area contributed by atoms with Crippen LogP contribution in [-0.4, -0.2) is 10.4 Å². The molecule has 0 saturated carbocycles. The summed E-state index contributed by atoms with van der Waals surface area (Å²) in [5.74, 6) is -0.472. The monoisotopic (exact) mass is 321 g/mol. The third-order valence-electron chi connectivity index (χ3n) is 3.28. The van der Waals surface area contributed by atoms with E-state index in [0.29, 0.717) is 15.6 Å². The van der Waals surface area contributed by atoms with Crippen molar-refractivity contribution in [3.8, 4) is 0 Å². The minimum Gasteiger partial charge on any atom is -0.340 e. The number of aromatic nitrogens is 1. The number of hydrogen-bond donors (Lipinski definition) is 0. The van der Waals surface area contributed by atoms with Crippen molar-refractivity contribution < 1.29 is 9.18 Å². The van der Waals surface area contributed by atoms with Gasteiger partial charge in [-0.2, -0.15) is 0 Å². The molecular weight excluding hydrogens is 312 g/mol. The molecule has 106 valence electrons. The molecule has 2 aromatic carbocycles. The number of ketones is 1. The smallest absolute Gasteiger partial charge is 0.182 e. The first-order chi connectivity index (χ1) is 10.0. The molecule has 21 heavy (non-hydrogen) atoms. The Morgan fingerprint density at radius 3 is 2.52 bits per heavy atom. The number of carbonyl (C=O) groups is 1. The first-order valence-corrected chi connectivity index (χ1v) is 7.03. The zero-order chi connectivity index (χ0) is 15.0. The molecule has 0 fully saturated rings. The van der Waals surface area contributed by atoms with Gasteiger partial charge in [-0.05, 0) is 42.5 Å². The fourth-order valence-corrected chi connectivity index (χ4v) is 2.78. The van der Waals surface area contributed by atoms with Gasteiger partial charge in [0.1, 0.15) is 5.82 Å². The van der Waals surface area contributed by atoms with Gasteiger partial charge in [0.05, 0.1) is 17.1 Å². The number of fused-ring (bicyclic) bond motifs is 1. The van der Waals surface area contributed by atoms with Gasteiger partial charge in [-0.1, -0.05) is 23.2 Å². The highest BCUT2D eigenvalue weighted by Gasteiger charge is 2.11. The molecule has 0 radical (unpaired) electrons. The highest BCUT2D eigenvalue weighted by molar-refractivity contribution is 6.38. The Morgan fingerprint density at radius 2 is 1.81 bits per heavy atom. The van der Waals surface area contributed by atoms with Crippen LogP contribution in [0.4, 0.5) is 4.39 Å². The summed E-state index contributed by atoms with van der Waals surface area (Å²) < 4.78 is 14.7. The summed E-state index contributed by atoms with van der Waals surface area (Å²) in [5, 5.41) is 1.90. The van der Waals surface area contributed by atoms with E-state index in [4.69, 9.17) is 23.2 Å². The second-order valence-electron chi connectivity index (χ2n) is 4.69. The van der Waals surface area contributed by atoms with E-state index in [1.165, 1.54) is 24.3 Å². The Balaban J connectivity index is 1.95. The predicted molar refractivity (Wildman–Crippen MR) is 82.7 cm³/mol. The number of nitrogens with zero attached hydrogens (tertiary/aromatic N) is 1. The van der Waals surface area contributed by atoms with Gasteiger partial charge < -0.3 is 4.57 Å². The van der Waals surface area contributed by atoms with Crippen LogP contribution >= 0.6 is 23.2 Å². The highest BCUT2D eigenvalue weighted by atomic mass is 35.5. The van der Waals surface area contributed by atoms with E-state index in [0.717, 1.165) is 10.9 Å². The minimum absolute atomic E-state index is 0.108. The van der Waals surface area contributed by atoms with Crippen LogP contribution in [0.25, 0.3) is 10.9 Å². The number of rotatable bonds is 3. The Hall–Kier alpha value is -1.84. The molecule has 5 heteroatoms. The summed E-state index contributed by atoms with van der Waals surface area (Å²) in [7, 11) is 0. The van der Waals surface area contributed by atoms with Gasteiger partial charge in [-0.25, -0.2) is 4.39 Å². The summed E-state index contributed by atoms with van der Waals surface area (Å²) in [5.41, 5.74) is 1.26. The average Bonchev–Trinajstić information content (AvgIpc) is 2.83. The Kier molecular flexibility index (Phi) is 3.70. The normalized spacial score (nSPS) is 11.0. The number of halogens is 3. The van der Waals surface area contributed by atoms with Gasteiger partial charge in [-0.15, -0.1) is 0 Å². The van der Waals surface area contributed by atoms with E-state index in [-0.39, 0.29) is 18.1 Å². The lowest BCUT2D eigenvalue weighted by molar-refractivity contribution is 0.0973. The molecule has 1 aromatic heterocycles. The van der Waals surface area contributed by atoms with Crippen molar-refractivity contribution in [1.29, 1.82) is 0 Å². The molecule has 2 nitrogen and oxygen atoms in total. The van der Waals surface area contributed by atoms with E-state index < -0.39 is 0 Å². The summed E-state index contributed by atoms with van der Waals surface area (Å²) in [4.78, 5) is 12.2. The maximum Gasteiger partial charge on any atom is 0.182 e. The molecule has 0 bridgehead atoms. The quantitative estimate of drug-likeness (QED) is 0.624. The zero-order valence-corrected chi connectivity index (χ0v) is 12.3. The first kappa shape index (κ1) is 14.1. The molecule has 0 aliphatic heterocycles. The van der Waals surface area contributed by atoms with Crippen LogP contribution in [0.3, 0.4) is 0 Å². The summed E-state index contributed by atoms with van der Waals surface area (Å²) in [6.07, 6.45) is 1.79. The Labute approximate surface area is 130 Å². The molecule has 1 heterocycles. The molecule has 0 amide bonds. The second-order valence-corrected chi connectivity index (χ2v) is 5.54. The first-order valence-electron chi connectivity index (χ1n) is 6.27. The maximum absolute atomic E-state index is 12.9. The van der Waals surface area contributed by atoms with Gasteiger partial charge in [0.15, 0.2) is 5.78 Å². The van der Waals surface area contributed by atoms with Crippen molar-refractivity contribution >= 4 is 39.9 Å². The van der Waals surface area contributed by atoms with Gasteiger partial charge in [0, 0.05) is 22.2 Å². The van der Waals surface area contributed by atoms with E-state index >= 15 is 0 Å². The molecule has 0 N–H and O–H groups in total. The van der Waals surface area contributed by atoms with Crippen molar-refractivity contribution in [1.82, 2.24) is 4.57 Å². The van der Waals surface area contributed by atoms with E-state index in [1.54, 1.807) is 22.9 Å². The molecule has 0 aliphatic rings. The van der Waals surface area contributed by atoms with Gasteiger partial charge in [0.2, 0.25) is 0 Å². The van der Waals surface area contributed by atoms with Crippen LogP contribution in [0.5, 0.6) is 0 Å². The van der Waals surface area contributed by atoms with Crippen molar-refractivity contribution in [2.45, 2.75) is 6.54 Å². The lowest BCUT2D eigenvalue weighted by Crippen LogP contribution is -2.09. The van der Waals surface area contributed by atoms with Crippen LogP contribution in [0, 0.1) is 5.82 Å². The van der Waals surface area contributed by atoms with Crippen LogP contribution in [-0.2, 0) is 6.54 Å². The maximum atomic E-state index is 12.9. The van der Waals surface area contributed by atoms with E-state index in [9.17, 15) is 9.18 Å². The van der Waals surface area contributed by atoms with Crippen LogP contribution in [0.2, 0.25) is 10.0 Å². The molecule has 0 unspecified atom stereocenters. The minimum atomic E-state index is -0.364. The van der Waals surface area contributed by atoms with Crippen molar-refractivity contribution in [3.05, 3.63) is 70.1 Å². The third-order valence-corrected chi connectivity index (χ3v) is 3.81. The Bertz CT molecular complexity index is 824. The van der Waals surface area contributed by atoms with Crippen LogP contribution in [0.15, 0.2) is 48.7 Å². The molecule has 3 aromatic rings. The molecule has 0 saturated heterocycles. The van der Waals surface area contributed by atoms with Crippen LogP contribution in [0.1, 0.15) is 10.4 Å². The second kappa shape index (κ2) is 5.51. The lowest BCUT2D eigenvalue weighted by atomic mass is 10.1. The summed E-state index contributed by atoms with van der Waals surface area (Å²) >= 11 is 12.1. The molecular formula is C16H10Cl2FNO. The number of carbonyl (C=O) groups excluding carboxylic acids is 1. The molecule has 0 atom stereocenters. The Morgan fingerprint density at radius 1 is 1.10 bits per heavy atom. The summed E-state index contributed by atoms with van der Waals surface area (Å²) in [6.45, 7) is 0.145. The topological polar surface area (TPSA) is 22.0 Å². The molecule has 0 spiro atoms. The van der Waals surface area contributed by atoms with Gasteiger partial charge in [0.25, 0.3) is 0 Å². The fraction of sp³-hybridized carbons (Fsp3) is 0.0625. The average molecular weight is 322 g/mol. The van der Waals surface area contributed by atoms with Crippen LogP contribution < -0.4 is 0 Å². The number of hydrogen-bond acceptors (Lipinski definition) is 1. The van der Waals surface area contributed by atoms with E-state index in [1.807, 2.05) is 6.07 Å². The molecule has 3 rings (SSSR count). The lowest BCUT2D eigenvalue weighted by Gasteiger charge is -2.06. The fourth-order valence-electron chi connectivity index (χ4n) is 2.24. The van der Waals surface area contributed by atoms with Crippen molar-refractivity contribution in [2.24, 2.45) is 0 Å². The van der Waals surface area contributed by atoms with Crippen molar-refractivity contribution in [2.75, 3.05) is 0 Å². The van der Waals surface area contributed by atoms with Gasteiger partial charge >= 0.3 is 0 Å². The predicted octanol–water partition coefficient (Wildman–Crippen LogP) is 4.97. The standard InChI is InChI=1S/C16H10Cl2FNO/c17-11-7-14(18)13-5-6-20(15(13)8-11)9-16(21)10-1-3-12(19)4-2-10/h1-8H,9H2. The largest absolute Gasteiger partial charge is 0.340 e. The number of Topliss-reactive ketones (excluding diaryl/α,β-unsaturated/α-hetero) is 1. The summed E-state index contributed by atoms with van der Waals surface area (Å²) in [6, 6.07) is 10.8. The highest BCUT2D eigenvalue weighted by Crippen LogP contribution is 2.28. The third kappa shape index (κ3) is 2.80.